The van der Waals surface area contributed by atoms with Crippen molar-refractivity contribution >= 4 is 5.69 Å². The summed E-state index contributed by atoms with van der Waals surface area (Å²) in [5, 5.41) is 10.9. The Hall–Kier alpha value is -1.46. The summed E-state index contributed by atoms with van der Waals surface area (Å²) >= 11 is 0. The molecule has 2 rings (SSSR count). The van der Waals surface area contributed by atoms with Crippen LogP contribution in [0.4, 0.5) is 5.69 Å². The number of likely N-dealkylation sites (tertiary alicyclic amines) is 1. The summed E-state index contributed by atoms with van der Waals surface area (Å²) in [4.78, 5) is 12.9. The van der Waals surface area contributed by atoms with E-state index in [0.29, 0.717) is 0 Å². The number of likely N-dealkylation sites (N-methyl/N-ethyl adjacent to an activating group) is 1. The van der Waals surface area contributed by atoms with E-state index in [1.54, 1.807) is 12.1 Å². The van der Waals surface area contributed by atoms with Gasteiger partial charge in [-0.1, -0.05) is 25.5 Å². The van der Waals surface area contributed by atoms with Gasteiger partial charge in [0.15, 0.2) is 0 Å². The van der Waals surface area contributed by atoms with Gasteiger partial charge < -0.3 is 5.73 Å². The van der Waals surface area contributed by atoms with Gasteiger partial charge in [-0.25, -0.2) is 0 Å². The molecule has 0 saturated carbocycles. The van der Waals surface area contributed by atoms with Crippen LogP contribution in [-0.4, -0.2) is 29.0 Å². The number of non-ortho nitro benzene ring substituents is 1. The van der Waals surface area contributed by atoms with Gasteiger partial charge in [0.1, 0.15) is 0 Å². The summed E-state index contributed by atoms with van der Waals surface area (Å²) in [6, 6.07) is 7.03. The van der Waals surface area contributed by atoms with Gasteiger partial charge in [-0.2, -0.15) is 0 Å². The second kappa shape index (κ2) is 6.12. The van der Waals surface area contributed by atoms with Crippen molar-refractivity contribution in [2.24, 2.45) is 5.73 Å². The fourth-order valence-corrected chi connectivity index (χ4v) is 2.90. The van der Waals surface area contributed by atoms with Crippen LogP contribution in [0.25, 0.3) is 0 Å². The van der Waals surface area contributed by atoms with Crippen molar-refractivity contribution in [2.75, 3.05) is 13.1 Å². The molecular formula is C14H21N3O2. The zero-order chi connectivity index (χ0) is 13.8. The summed E-state index contributed by atoms with van der Waals surface area (Å²) in [6.07, 6.45) is 3.25. The molecule has 1 saturated heterocycles. The van der Waals surface area contributed by atoms with Crippen LogP contribution in [0.3, 0.4) is 0 Å². The molecule has 1 heterocycles. The Kier molecular flexibility index (Phi) is 4.50. The molecule has 19 heavy (non-hydrogen) atoms. The van der Waals surface area contributed by atoms with Crippen LogP contribution in [0, 0.1) is 10.1 Å². The molecule has 0 bridgehead atoms. The van der Waals surface area contributed by atoms with Crippen molar-refractivity contribution < 1.29 is 4.92 Å². The summed E-state index contributed by atoms with van der Waals surface area (Å²) < 4.78 is 0. The fourth-order valence-electron chi connectivity index (χ4n) is 2.90. The van der Waals surface area contributed by atoms with Gasteiger partial charge in [0, 0.05) is 18.2 Å². The van der Waals surface area contributed by atoms with E-state index in [0.717, 1.165) is 37.9 Å². The van der Waals surface area contributed by atoms with Crippen LogP contribution in [0.5, 0.6) is 0 Å². The minimum atomic E-state index is -0.345. The van der Waals surface area contributed by atoms with E-state index in [4.69, 9.17) is 5.73 Å². The highest BCUT2D eigenvalue weighted by Gasteiger charge is 2.28. The lowest BCUT2D eigenvalue weighted by atomic mass is 9.96. The Morgan fingerprint density at radius 1 is 1.47 bits per heavy atom. The lowest BCUT2D eigenvalue weighted by Gasteiger charge is -2.32. The third-order valence-corrected chi connectivity index (χ3v) is 3.86. The zero-order valence-corrected chi connectivity index (χ0v) is 11.3. The van der Waals surface area contributed by atoms with Crippen LogP contribution >= 0.6 is 0 Å². The lowest BCUT2D eigenvalue weighted by Crippen LogP contribution is -2.39. The summed E-state index contributed by atoms with van der Waals surface area (Å²) in [6.45, 7) is 4.04. The molecule has 1 aliphatic rings. The van der Waals surface area contributed by atoms with Crippen molar-refractivity contribution in [1.29, 1.82) is 0 Å². The van der Waals surface area contributed by atoms with Gasteiger partial charge in [-0.05, 0) is 31.5 Å². The number of nitrogens with two attached hydrogens (primary N) is 1. The normalized spacial score (nSPS) is 24.9. The minimum Gasteiger partial charge on any atom is -0.326 e. The maximum Gasteiger partial charge on any atom is 0.269 e. The van der Waals surface area contributed by atoms with Crippen LogP contribution in [0.15, 0.2) is 24.3 Å². The quantitative estimate of drug-likeness (QED) is 0.671. The SMILES string of the molecule is CCN1CCCCC(N)C1c1cccc([N+](=O)[O-])c1. The Balaban J connectivity index is 2.34. The molecule has 1 aromatic rings. The third kappa shape index (κ3) is 3.11. The first-order valence-corrected chi connectivity index (χ1v) is 6.87. The number of benzene rings is 1. The Morgan fingerprint density at radius 3 is 2.95 bits per heavy atom. The molecule has 0 spiro atoms. The van der Waals surface area contributed by atoms with Gasteiger partial charge in [-0.15, -0.1) is 0 Å². The van der Waals surface area contributed by atoms with Crippen molar-refractivity contribution in [1.82, 2.24) is 4.90 Å². The van der Waals surface area contributed by atoms with E-state index in [1.165, 1.54) is 6.07 Å². The first-order chi connectivity index (χ1) is 9.13. The molecule has 0 aliphatic carbocycles. The smallest absolute Gasteiger partial charge is 0.269 e. The number of nitrogens with zero attached hydrogens (tertiary/aromatic N) is 2. The standard InChI is InChI=1S/C14H21N3O2/c1-2-16-9-4-3-8-13(15)14(16)11-6-5-7-12(10-11)17(18)19/h5-7,10,13-14H,2-4,8-9,15H2,1H3. The highest BCUT2D eigenvalue weighted by Crippen LogP contribution is 2.30. The monoisotopic (exact) mass is 263 g/mol. The Morgan fingerprint density at radius 2 is 2.26 bits per heavy atom. The fraction of sp³-hybridized carbons (Fsp3) is 0.571. The molecule has 104 valence electrons. The predicted molar refractivity (Wildman–Crippen MR) is 74.9 cm³/mol. The average Bonchev–Trinajstić information content (AvgIpc) is 2.60. The minimum absolute atomic E-state index is 0.0458. The Bertz CT molecular complexity index is 450. The van der Waals surface area contributed by atoms with E-state index in [1.807, 2.05) is 6.07 Å². The number of nitro benzene ring substituents is 1. The van der Waals surface area contributed by atoms with Crippen LogP contribution in [-0.2, 0) is 0 Å². The Labute approximate surface area is 113 Å². The summed E-state index contributed by atoms with van der Waals surface area (Å²) in [5.41, 5.74) is 7.40. The molecule has 5 nitrogen and oxygen atoms in total. The molecule has 2 unspecified atom stereocenters. The van der Waals surface area contributed by atoms with Gasteiger partial charge in [0.05, 0.1) is 11.0 Å². The molecule has 2 N–H and O–H groups in total. The van der Waals surface area contributed by atoms with Gasteiger partial charge >= 0.3 is 0 Å². The number of hydrogen-bond donors (Lipinski definition) is 1. The van der Waals surface area contributed by atoms with E-state index < -0.39 is 0 Å². The molecule has 1 aromatic carbocycles. The highest BCUT2D eigenvalue weighted by atomic mass is 16.6. The van der Waals surface area contributed by atoms with Crippen LogP contribution < -0.4 is 5.73 Å². The van der Waals surface area contributed by atoms with Gasteiger partial charge in [-0.3, -0.25) is 15.0 Å². The lowest BCUT2D eigenvalue weighted by molar-refractivity contribution is -0.385. The van der Waals surface area contributed by atoms with E-state index in [2.05, 4.69) is 11.8 Å². The molecule has 1 fully saturated rings. The second-order valence-electron chi connectivity index (χ2n) is 5.09. The highest BCUT2D eigenvalue weighted by molar-refractivity contribution is 5.36. The summed E-state index contributed by atoms with van der Waals surface area (Å²) in [7, 11) is 0. The van der Waals surface area contributed by atoms with Crippen molar-refractivity contribution in [3.05, 3.63) is 39.9 Å². The predicted octanol–water partition coefficient (Wildman–Crippen LogP) is 2.47. The molecular weight excluding hydrogens is 242 g/mol. The third-order valence-electron chi connectivity index (χ3n) is 3.86. The van der Waals surface area contributed by atoms with Gasteiger partial charge in [0.25, 0.3) is 5.69 Å². The van der Waals surface area contributed by atoms with Gasteiger partial charge in [0.2, 0.25) is 0 Å². The van der Waals surface area contributed by atoms with E-state index in [9.17, 15) is 10.1 Å². The van der Waals surface area contributed by atoms with Crippen molar-refractivity contribution in [3.8, 4) is 0 Å². The first kappa shape index (κ1) is 14.0. The maximum absolute atomic E-state index is 10.9. The molecule has 0 aromatic heterocycles. The van der Waals surface area contributed by atoms with Crippen LogP contribution in [0.2, 0.25) is 0 Å². The van der Waals surface area contributed by atoms with E-state index in [-0.39, 0.29) is 22.7 Å². The molecule has 2 atom stereocenters. The molecule has 1 aliphatic heterocycles. The number of nitro groups is 1. The zero-order valence-electron chi connectivity index (χ0n) is 11.3. The first-order valence-electron chi connectivity index (χ1n) is 6.87. The number of rotatable bonds is 3. The second-order valence-corrected chi connectivity index (χ2v) is 5.09. The molecule has 5 heteroatoms. The van der Waals surface area contributed by atoms with Crippen LogP contribution in [0.1, 0.15) is 37.8 Å². The summed E-state index contributed by atoms with van der Waals surface area (Å²) in [5.74, 6) is 0. The molecule has 0 amide bonds. The largest absolute Gasteiger partial charge is 0.326 e. The molecule has 0 radical (unpaired) electrons. The number of hydrogen-bond acceptors (Lipinski definition) is 4. The van der Waals surface area contributed by atoms with Crippen molar-refractivity contribution in [2.45, 2.75) is 38.3 Å². The average molecular weight is 263 g/mol. The maximum atomic E-state index is 10.9. The van der Waals surface area contributed by atoms with Crippen molar-refractivity contribution in [3.63, 3.8) is 0 Å². The van der Waals surface area contributed by atoms with E-state index >= 15 is 0 Å². The topological polar surface area (TPSA) is 72.4 Å².